The largest absolute Gasteiger partial charge is 0.508 e. The molecule has 0 saturated carbocycles. The molecule has 2 aliphatic rings. The van der Waals surface area contributed by atoms with Gasteiger partial charge in [0.25, 0.3) is 0 Å². The molecule has 1 N–H and O–H groups in total. The predicted octanol–water partition coefficient (Wildman–Crippen LogP) is 5.66. The molecular weight excluding hydrogens is 458 g/mol. The van der Waals surface area contributed by atoms with Crippen molar-refractivity contribution in [2.24, 2.45) is 5.92 Å². The van der Waals surface area contributed by atoms with Gasteiger partial charge < -0.3 is 24.2 Å². The van der Waals surface area contributed by atoms with Crippen LogP contribution in [-0.4, -0.2) is 57.8 Å². The van der Waals surface area contributed by atoms with Crippen molar-refractivity contribution in [2.45, 2.75) is 58.8 Å². The topological polar surface area (TPSA) is 86.0 Å². The first-order valence-electron chi connectivity index (χ1n) is 12.7. The number of phenols is 1. The molecule has 3 heterocycles. The maximum absolute atomic E-state index is 12.3. The van der Waals surface area contributed by atoms with Crippen LogP contribution in [0.25, 0.3) is 22.0 Å². The summed E-state index contributed by atoms with van der Waals surface area (Å²) in [6.45, 7) is 10.1. The molecule has 5 rings (SSSR count). The predicted molar refractivity (Wildman–Crippen MR) is 137 cm³/mol. The number of aromatic hydroxyl groups is 1. The number of hydrogen-bond donors (Lipinski definition) is 1. The summed E-state index contributed by atoms with van der Waals surface area (Å²) in [5.41, 5.74) is 3.46. The lowest BCUT2D eigenvalue weighted by molar-refractivity contribution is -0.0366. The van der Waals surface area contributed by atoms with E-state index in [1.165, 1.54) is 0 Å². The Morgan fingerprint density at radius 1 is 1.19 bits per heavy atom. The van der Waals surface area contributed by atoms with E-state index in [1.807, 2.05) is 50.7 Å². The molecule has 1 unspecified atom stereocenters. The molecule has 2 aliphatic heterocycles. The van der Waals surface area contributed by atoms with Gasteiger partial charge in [-0.2, -0.15) is 5.10 Å². The van der Waals surface area contributed by atoms with Crippen LogP contribution in [0.15, 0.2) is 36.5 Å². The zero-order valence-corrected chi connectivity index (χ0v) is 21.5. The van der Waals surface area contributed by atoms with Gasteiger partial charge in [-0.3, -0.25) is 0 Å². The number of benzene rings is 2. The summed E-state index contributed by atoms with van der Waals surface area (Å²) in [4.78, 5) is 14.0. The molecule has 36 heavy (non-hydrogen) atoms. The summed E-state index contributed by atoms with van der Waals surface area (Å²) < 4.78 is 19.8. The Hall–Kier alpha value is -3.26. The van der Waals surface area contributed by atoms with Crippen molar-refractivity contribution < 1.29 is 24.1 Å². The molecule has 0 radical (unpaired) electrons. The first-order chi connectivity index (χ1) is 17.2. The SMILES string of the molecule is Cc1cc(O)ccc1-c1cc(OCC2CN(C(=O)OC(C)(C)C)C2)c2cnn(C3CCCCO3)c2c1. The first kappa shape index (κ1) is 24.4. The molecule has 3 aromatic rings. The Bertz CT molecular complexity index is 1250. The average Bonchev–Trinajstić information content (AvgIpc) is 3.21. The number of carbonyl (C=O) groups excluding carboxylic acids is 1. The van der Waals surface area contributed by atoms with Crippen molar-refractivity contribution in [3.05, 3.63) is 42.1 Å². The van der Waals surface area contributed by atoms with Crippen molar-refractivity contribution in [3.63, 3.8) is 0 Å². The highest BCUT2D eigenvalue weighted by atomic mass is 16.6. The Balaban J connectivity index is 1.39. The van der Waals surface area contributed by atoms with Crippen molar-refractivity contribution in [1.29, 1.82) is 0 Å². The fourth-order valence-electron chi connectivity index (χ4n) is 4.86. The molecule has 1 aromatic heterocycles. The second kappa shape index (κ2) is 9.65. The zero-order valence-electron chi connectivity index (χ0n) is 21.5. The molecule has 2 saturated heterocycles. The highest BCUT2D eigenvalue weighted by Crippen LogP contribution is 2.37. The third-order valence-corrected chi connectivity index (χ3v) is 6.71. The summed E-state index contributed by atoms with van der Waals surface area (Å²) in [6.07, 6.45) is 4.60. The molecule has 8 nitrogen and oxygen atoms in total. The second-order valence-corrected chi connectivity index (χ2v) is 10.9. The van der Waals surface area contributed by atoms with Gasteiger partial charge in [-0.25, -0.2) is 9.48 Å². The fourth-order valence-corrected chi connectivity index (χ4v) is 4.86. The van der Waals surface area contributed by atoms with Crippen molar-refractivity contribution in [2.75, 3.05) is 26.3 Å². The molecule has 0 bridgehead atoms. The van der Waals surface area contributed by atoms with Crippen LogP contribution in [-0.2, 0) is 9.47 Å². The maximum atomic E-state index is 12.3. The van der Waals surface area contributed by atoms with Gasteiger partial charge in [-0.15, -0.1) is 0 Å². The van der Waals surface area contributed by atoms with Crippen molar-refractivity contribution in [1.82, 2.24) is 14.7 Å². The minimum Gasteiger partial charge on any atom is -0.508 e. The Kier molecular flexibility index (Phi) is 6.55. The van der Waals surface area contributed by atoms with Crippen LogP contribution < -0.4 is 4.74 Å². The van der Waals surface area contributed by atoms with E-state index in [9.17, 15) is 9.90 Å². The average molecular weight is 494 g/mol. The normalized spacial score (nSPS) is 18.8. The van der Waals surface area contributed by atoms with E-state index in [0.29, 0.717) is 19.7 Å². The van der Waals surface area contributed by atoms with Crippen molar-refractivity contribution >= 4 is 17.0 Å². The highest BCUT2D eigenvalue weighted by molar-refractivity contribution is 5.91. The quantitative estimate of drug-likeness (QED) is 0.493. The number of carbonyl (C=O) groups is 1. The van der Waals surface area contributed by atoms with E-state index < -0.39 is 5.60 Å². The zero-order chi connectivity index (χ0) is 25.4. The van der Waals surface area contributed by atoms with E-state index in [-0.39, 0.29) is 24.0 Å². The number of likely N-dealkylation sites (tertiary alicyclic amines) is 1. The number of fused-ring (bicyclic) bond motifs is 1. The van der Waals surface area contributed by atoms with Crippen LogP contribution in [0.2, 0.25) is 0 Å². The Morgan fingerprint density at radius 2 is 2.00 bits per heavy atom. The molecule has 1 amide bonds. The summed E-state index contributed by atoms with van der Waals surface area (Å²) >= 11 is 0. The second-order valence-electron chi connectivity index (χ2n) is 10.9. The highest BCUT2D eigenvalue weighted by Gasteiger charge is 2.34. The minimum atomic E-state index is -0.501. The fraction of sp³-hybridized carbons (Fsp3) is 0.500. The van der Waals surface area contributed by atoms with Crippen LogP contribution >= 0.6 is 0 Å². The van der Waals surface area contributed by atoms with Crippen LogP contribution in [0.5, 0.6) is 11.5 Å². The third kappa shape index (κ3) is 5.14. The summed E-state index contributed by atoms with van der Waals surface area (Å²) in [5.74, 6) is 1.24. The van der Waals surface area contributed by atoms with Crippen LogP contribution in [0, 0.1) is 12.8 Å². The lowest BCUT2D eigenvalue weighted by Gasteiger charge is -2.39. The van der Waals surface area contributed by atoms with Gasteiger partial charge in [-0.05, 0) is 87.9 Å². The van der Waals surface area contributed by atoms with Crippen LogP contribution in [0.4, 0.5) is 4.79 Å². The van der Waals surface area contributed by atoms with Crippen molar-refractivity contribution in [3.8, 4) is 22.6 Å². The Morgan fingerprint density at radius 3 is 2.69 bits per heavy atom. The number of ether oxygens (including phenoxy) is 3. The standard InChI is InChI=1S/C28H35N3O5/c1-18-11-21(32)8-9-22(18)20-12-24-23(14-29-31(24)26-7-5-6-10-34-26)25(13-20)35-17-19-15-30(16-19)27(33)36-28(2,3)4/h8-9,11-14,19,26,32H,5-7,10,15-17H2,1-4H3. The number of aromatic nitrogens is 2. The number of phenolic OH excluding ortho intramolecular Hbond substituents is 1. The maximum Gasteiger partial charge on any atom is 0.410 e. The lowest BCUT2D eigenvalue weighted by atomic mass is 9.98. The molecule has 0 aliphatic carbocycles. The smallest absolute Gasteiger partial charge is 0.410 e. The number of nitrogens with zero attached hydrogens (tertiary/aromatic N) is 3. The molecular formula is C28H35N3O5. The van der Waals surface area contributed by atoms with E-state index in [2.05, 4.69) is 11.2 Å². The van der Waals surface area contributed by atoms with Crippen LogP contribution in [0.3, 0.4) is 0 Å². The summed E-state index contributed by atoms with van der Waals surface area (Å²) in [5, 5.41) is 15.5. The van der Waals surface area contributed by atoms with Gasteiger partial charge in [0.05, 0.1) is 23.7 Å². The Labute approximate surface area is 211 Å². The van der Waals surface area contributed by atoms with E-state index in [4.69, 9.17) is 14.2 Å². The molecule has 192 valence electrons. The number of amides is 1. The van der Waals surface area contributed by atoms with E-state index >= 15 is 0 Å². The van der Waals surface area contributed by atoms with Gasteiger partial charge >= 0.3 is 6.09 Å². The van der Waals surface area contributed by atoms with E-state index in [1.54, 1.807) is 17.0 Å². The molecule has 2 fully saturated rings. The molecule has 8 heteroatoms. The molecule has 0 spiro atoms. The summed E-state index contributed by atoms with van der Waals surface area (Å²) in [7, 11) is 0. The molecule has 2 aromatic carbocycles. The number of rotatable bonds is 5. The monoisotopic (exact) mass is 493 g/mol. The van der Waals surface area contributed by atoms with Gasteiger partial charge in [0.2, 0.25) is 0 Å². The first-order valence-corrected chi connectivity index (χ1v) is 12.7. The minimum absolute atomic E-state index is 0.0886. The number of aryl methyl sites for hydroxylation is 1. The lowest BCUT2D eigenvalue weighted by Crippen LogP contribution is -2.53. The summed E-state index contributed by atoms with van der Waals surface area (Å²) in [6, 6.07) is 9.56. The van der Waals surface area contributed by atoms with Gasteiger partial charge in [0.1, 0.15) is 17.1 Å². The number of hydrogen-bond acceptors (Lipinski definition) is 6. The third-order valence-electron chi connectivity index (χ3n) is 6.71. The van der Waals surface area contributed by atoms with Gasteiger partial charge in [0.15, 0.2) is 6.23 Å². The van der Waals surface area contributed by atoms with E-state index in [0.717, 1.165) is 59.2 Å². The molecule has 1 atom stereocenters. The van der Waals surface area contributed by atoms with Gasteiger partial charge in [0, 0.05) is 25.6 Å². The van der Waals surface area contributed by atoms with Crippen LogP contribution in [0.1, 0.15) is 51.8 Å². The van der Waals surface area contributed by atoms with Gasteiger partial charge in [-0.1, -0.05) is 6.07 Å².